The summed E-state index contributed by atoms with van der Waals surface area (Å²) in [6.45, 7) is 16.9. The molecule has 3 aromatic rings. The molecular weight excluding hydrogens is 675 g/mol. The van der Waals surface area contributed by atoms with Gasteiger partial charge < -0.3 is 27.2 Å². The Balaban J connectivity index is 1.58. The van der Waals surface area contributed by atoms with Gasteiger partial charge in [-0.25, -0.2) is 14.5 Å². The third kappa shape index (κ3) is 7.76. The van der Waals surface area contributed by atoms with Crippen molar-refractivity contribution in [2.24, 2.45) is 4.99 Å². The Kier molecular flexibility index (Phi) is 12.0. The predicted molar refractivity (Wildman–Crippen MR) is 193 cm³/mol. The SMILES string of the molecule is CC(C)[Si]1(C(C)C)OC[C@H]2O[C@@H](n3ccc(=O)n(COCc4ccccc4)c3=O)[C@H](OC([O])=Nc3ccccc3)[C@@H]2O[Si](C(C)C)(C(C)C)O1. The molecule has 2 aromatic carbocycles. The molecule has 0 unspecified atom stereocenters. The van der Waals surface area contributed by atoms with Crippen molar-refractivity contribution in [2.75, 3.05) is 6.61 Å². The van der Waals surface area contributed by atoms with Crippen molar-refractivity contribution in [3.05, 3.63) is 99.3 Å². The average Bonchev–Trinajstić information content (AvgIpc) is 3.37. The minimum Gasteiger partial charge on any atom is -0.437 e. The molecule has 0 amide bonds. The Morgan fingerprint density at radius 1 is 0.860 bits per heavy atom. The summed E-state index contributed by atoms with van der Waals surface area (Å²) in [4.78, 5) is 31.1. The molecule has 4 atom stereocenters. The standard InChI is InChI=1S/C36H50N3O9Si2/c1-24(2)49(25(3)4)44-22-30-32(47-50(48-49,26(5)6)27(7)8)33(46-35(41)37-29-17-13-10-14-18-29)34(45-30)38-20-19-31(40)39(36(38)42)23-43-21-28-15-11-9-12-16-28/h9-20,24-27,30,32-34H,21-23H2,1-8H3/t30-,32-,33-,34-/m1/s1. The number of aromatic nitrogens is 2. The van der Waals surface area contributed by atoms with Gasteiger partial charge in [-0.05, 0) is 39.9 Å². The lowest BCUT2D eigenvalue weighted by molar-refractivity contribution is -0.0619. The molecule has 0 N–H and O–H groups in total. The van der Waals surface area contributed by atoms with Crippen molar-refractivity contribution >= 4 is 28.9 Å². The number of aliphatic imine (C=N–C) groups is 1. The lowest BCUT2D eigenvalue weighted by atomic mass is 10.1. The number of para-hydroxylation sites is 1. The van der Waals surface area contributed by atoms with E-state index < -0.39 is 59.0 Å². The van der Waals surface area contributed by atoms with Crippen LogP contribution in [0.3, 0.4) is 0 Å². The summed E-state index contributed by atoms with van der Waals surface area (Å²) in [5, 5.41) is 13.5. The first kappa shape index (κ1) is 37.9. The van der Waals surface area contributed by atoms with Crippen molar-refractivity contribution < 1.29 is 32.3 Å². The first-order valence-electron chi connectivity index (χ1n) is 17.4. The molecule has 12 nitrogen and oxygen atoms in total. The van der Waals surface area contributed by atoms with Crippen molar-refractivity contribution in [3.8, 4) is 0 Å². The van der Waals surface area contributed by atoms with E-state index in [1.54, 1.807) is 24.3 Å². The van der Waals surface area contributed by atoms with Crippen molar-refractivity contribution in [2.45, 2.75) is 115 Å². The molecule has 0 spiro atoms. The van der Waals surface area contributed by atoms with E-state index in [0.29, 0.717) is 5.69 Å². The maximum Gasteiger partial charge on any atom is 0.434 e. The fourth-order valence-corrected chi connectivity index (χ4v) is 18.1. The van der Waals surface area contributed by atoms with Crippen LogP contribution in [-0.4, -0.2) is 57.3 Å². The van der Waals surface area contributed by atoms with Gasteiger partial charge in [0.25, 0.3) is 5.56 Å². The number of hydrogen-bond donors (Lipinski definition) is 0. The highest BCUT2D eigenvalue weighted by atomic mass is 28.5. The fraction of sp³-hybridized carbons (Fsp3) is 0.528. The summed E-state index contributed by atoms with van der Waals surface area (Å²) < 4.78 is 42.2. The molecule has 2 aliphatic heterocycles. The number of hydrogen-bond acceptors (Lipinski definition) is 9. The van der Waals surface area contributed by atoms with E-state index in [4.69, 9.17) is 27.2 Å². The molecule has 5 rings (SSSR count). The van der Waals surface area contributed by atoms with Gasteiger partial charge in [0, 0.05) is 12.3 Å². The second-order valence-electron chi connectivity index (χ2n) is 14.2. The maximum atomic E-state index is 14.0. The van der Waals surface area contributed by atoms with Crippen molar-refractivity contribution in [1.82, 2.24) is 9.13 Å². The largest absolute Gasteiger partial charge is 0.437 e. The van der Waals surface area contributed by atoms with E-state index in [1.165, 1.54) is 16.8 Å². The zero-order valence-corrected chi connectivity index (χ0v) is 32.2. The van der Waals surface area contributed by atoms with Gasteiger partial charge >= 0.3 is 28.9 Å². The van der Waals surface area contributed by atoms with E-state index in [1.807, 2.05) is 36.4 Å². The van der Waals surface area contributed by atoms with Crippen LogP contribution in [0.15, 0.2) is 87.5 Å². The number of benzene rings is 2. The zero-order valence-electron chi connectivity index (χ0n) is 30.2. The van der Waals surface area contributed by atoms with Crippen LogP contribution in [0.2, 0.25) is 22.2 Å². The Morgan fingerprint density at radius 2 is 1.46 bits per heavy atom. The number of ether oxygens (including phenoxy) is 3. The topological polar surface area (TPSA) is 132 Å². The average molecular weight is 725 g/mol. The molecule has 0 bridgehead atoms. The summed E-state index contributed by atoms with van der Waals surface area (Å²) in [6, 6.07) is 19.4. The van der Waals surface area contributed by atoms with Crippen LogP contribution in [0.5, 0.6) is 0 Å². The summed E-state index contributed by atoms with van der Waals surface area (Å²) in [5.41, 5.74) is 0.260. The van der Waals surface area contributed by atoms with E-state index in [2.05, 4.69) is 60.4 Å². The second-order valence-corrected chi connectivity index (χ2v) is 23.0. The molecule has 0 saturated carbocycles. The smallest absolute Gasteiger partial charge is 0.434 e. The molecule has 3 heterocycles. The lowest BCUT2D eigenvalue weighted by Crippen LogP contribution is -2.66. The lowest BCUT2D eigenvalue weighted by Gasteiger charge is -2.51. The zero-order chi connectivity index (χ0) is 36.2. The van der Waals surface area contributed by atoms with Gasteiger partial charge in [0.1, 0.15) is 18.9 Å². The predicted octanol–water partition coefficient (Wildman–Crippen LogP) is 6.54. The fourth-order valence-electron chi connectivity index (χ4n) is 6.90. The Morgan fingerprint density at radius 3 is 2.06 bits per heavy atom. The number of fused-ring (bicyclic) bond motifs is 1. The molecule has 271 valence electrons. The molecule has 1 aromatic heterocycles. The Hall–Kier alpha value is -3.38. The van der Waals surface area contributed by atoms with Gasteiger partial charge in [-0.3, -0.25) is 9.36 Å². The van der Waals surface area contributed by atoms with E-state index >= 15 is 0 Å². The normalized spacial score (nSPS) is 23.6. The number of nitrogens with zero attached hydrogens (tertiary/aromatic N) is 3. The third-order valence-electron chi connectivity index (χ3n) is 9.53. The van der Waals surface area contributed by atoms with Gasteiger partial charge in [-0.2, -0.15) is 4.99 Å². The second kappa shape index (κ2) is 15.9. The van der Waals surface area contributed by atoms with Crippen molar-refractivity contribution in [1.29, 1.82) is 0 Å². The number of rotatable bonds is 11. The minimum absolute atomic E-state index is 0.00924. The highest BCUT2D eigenvalue weighted by molar-refractivity contribution is 6.84. The van der Waals surface area contributed by atoms with Crippen LogP contribution in [0.1, 0.15) is 67.2 Å². The summed E-state index contributed by atoms with van der Waals surface area (Å²) in [6.07, 6.45) is -3.42. The summed E-state index contributed by atoms with van der Waals surface area (Å²) >= 11 is 0. The Bertz CT molecular complexity index is 1700. The van der Waals surface area contributed by atoms with Gasteiger partial charge in [0.15, 0.2) is 12.3 Å². The van der Waals surface area contributed by atoms with Gasteiger partial charge in [0.05, 0.1) is 18.9 Å². The van der Waals surface area contributed by atoms with Crippen LogP contribution in [0.25, 0.3) is 0 Å². The van der Waals surface area contributed by atoms with Crippen LogP contribution in [0.4, 0.5) is 5.69 Å². The molecule has 2 aliphatic rings. The van der Waals surface area contributed by atoms with E-state index in [9.17, 15) is 14.7 Å². The highest BCUT2D eigenvalue weighted by Crippen LogP contribution is 2.48. The van der Waals surface area contributed by atoms with Crippen molar-refractivity contribution in [3.63, 3.8) is 0 Å². The molecule has 2 saturated heterocycles. The van der Waals surface area contributed by atoms with Gasteiger partial charge in [-0.15, -0.1) is 0 Å². The molecule has 0 aliphatic carbocycles. The molecule has 50 heavy (non-hydrogen) atoms. The first-order chi connectivity index (χ1) is 23.8. The van der Waals surface area contributed by atoms with Gasteiger partial charge in [0.2, 0.25) is 0 Å². The van der Waals surface area contributed by atoms with Crippen LogP contribution in [0, 0.1) is 0 Å². The summed E-state index contributed by atoms with van der Waals surface area (Å²) in [5.74, 6) is 0. The third-order valence-corrected chi connectivity index (χ3v) is 19.8. The summed E-state index contributed by atoms with van der Waals surface area (Å²) in [7, 11) is -6.09. The molecule has 1 radical (unpaired) electrons. The van der Waals surface area contributed by atoms with Crippen LogP contribution < -0.4 is 11.2 Å². The van der Waals surface area contributed by atoms with Gasteiger partial charge in [-0.1, -0.05) is 104 Å². The molecule has 2 fully saturated rings. The monoisotopic (exact) mass is 724 g/mol. The van der Waals surface area contributed by atoms with E-state index in [0.717, 1.165) is 10.1 Å². The highest BCUT2D eigenvalue weighted by Gasteiger charge is 2.62. The maximum absolute atomic E-state index is 14.0. The van der Waals surface area contributed by atoms with Crippen LogP contribution in [-0.2, 0) is 45.6 Å². The molecular formula is C36H50N3O9Si2. The first-order valence-corrected chi connectivity index (χ1v) is 21.3. The van der Waals surface area contributed by atoms with E-state index in [-0.39, 0.29) is 42.1 Å². The molecule has 14 heteroatoms. The minimum atomic E-state index is -3.18. The Labute approximate surface area is 296 Å². The van der Waals surface area contributed by atoms with Crippen LogP contribution >= 0.6 is 0 Å². The quantitative estimate of drug-likeness (QED) is 0.124.